The van der Waals surface area contributed by atoms with Crippen LogP contribution in [0.3, 0.4) is 0 Å². The van der Waals surface area contributed by atoms with Gasteiger partial charge in [-0.15, -0.1) is 0 Å². The van der Waals surface area contributed by atoms with Crippen LogP contribution >= 0.6 is 0 Å². The fraction of sp³-hybridized carbons (Fsp3) is 0.400. The number of para-hydroxylation sites is 1. The monoisotopic (exact) mass is 273 g/mol. The van der Waals surface area contributed by atoms with Crippen LogP contribution in [0.15, 0.2) is 30.5 Å². The quantitative estimate of drug-likeness (QED) is 0.638. The van der Waals surface area contributed by atoms with Gasteiger partial charge in [-0.05, 0) is 12.0 Å². The molecule has 2 rings (SSSR count). The van der Waals surface area contributed by atoms with Crippen molar-refractivity contribution in [2.24, 2.45) is 5.92 Å². The maximum absolute atomic E-state index is 11.2. The van der Waals surface area contributed by atoms with E-state index in [1.807, 2.05) is 24.3 Å². The van der Waals surface area contributed by atoms with Gasteiger partial charge in [0, 0.05) is 11.9 Å². The van der Waals surface area contributed by atoms with Gasteiger partial charge in [-0.3, -0.25) is 10.1 Å². The molecule has 1 aromatic heterocycles. The topological polar surface area (TPSA) is 68.1 Å². The second kappa shape index (κ2) is 6.32. The number of aromatic nitrogens is 1. The van der Waals surface area contributed by atoms with Crippen molar-refractivity contribution in [2.75, 3.05) is 11.9 Å². The summed E-state index contributed by atoms with van der Waals surface area (Å²) in [6, 6.07) is 7.48. The molecule has 0 unspecified atom stereocenters. The lowest BCUT2D eigenvalue weighted by molar-refractivity contribution is -0.384. The van der Waals surface area contributed by atoms with Gasteiger partial charge in [-0.2, -0.15) is 0 Å². The van der Waals surface area contributed by atoms with E-state index in [1.165, 1.54) is 6.20 Å². The SMILES string of the molecule is CCC(CC)CNc1c([N+](=O)[O-])cnc2ccccc12. The zero-order chi connectivity index (χ0) is 14.5. The molecule has 0 aliphatic carbocycles. The maximum Gasteiger partial charge on any atom is 0.311 e. The number of anilines is 1. The van der Waals surface area contributed by atoms with E-state index in [1.54, 1.807) is 0 Å². The van der Waals surface area contributed by atoms with Crippen LogP contribution in [0.4, 0.5) is 11.4 Å². The molecule has 2 aromatic rings. The molecule has 0 aliphatic heterocycles. The van der Waals surface area contributed by atoms with Crippen molar-refractivity contribution >= 4 is 22.3 Å². The van der Waals surface area contributed by atoms with Crippen molar-refractivity contribution < 1.29 is 4.92 Å². The van der Waals surface area contributed by atoms with Crippen molar-refractivity contribution in [1.82, 2.24) is 4.98 Å². The molecule has 0 saturated carbocycles. The number of rotatable bonds is 6. The predicted molar refractivity (Wildman–Crippen MR) is 81.0 cm³/mol. The lowest BCUT2D eigenvalue weighted by Crippen LogP contribution is -2.14. The number of fused-ring (bicyclic) bond motifs is 1. The lowest BCUT2D eigenvalue weighted by Gasteiger charge is -2.15. The summed E-state index contributed by atoms with van der Waals surface area (Å²) in [5.74, 6) is 0.515. The van der Waals surface area contributed by atoms with Crippen LogP contribution in [-0.4, -0.2) is 16.5 Å². The smallest absolute Gasteiger partial charge is 0.311 e. The van der Waals surface area contributed by atoms with Gasteiger partial charge in [0.15, 0.2) is 0 Å². The molecule has 0 bridgehead atoms. The minimum absolute atomic E-state index is 0.0367. The zero-order valence-corrected chi connectivity index (χ0v) is 11.8. The Labute approximate surface area is 118 Å². The fourth-order valence-electron chi connectivity index (χ4n) is 2.28. The van der Waals surface area contributed by atoms with Crippen LogP contribution in [0.25, 0.3) is 10.9 Å². The molecule has 0 amide bonds. The molecule has 0 radical (unpaired) electrons. The Kier molecular flexibility index (Phi) is 4.50. The van der Waals surface area contributed by atoms with Gasteiger partial charge in [0.05, 0.1) is 10.4 Å². The molecule has 106 valence electrons. The van der Waals surface area contributed by atoms with Crippen LogP contribution in [0, 0.1) is 16.0 Å². The number of nitrogens with one attached hydrogen (secondary N) is 1. The summed E-state index contributed by atoms with van der Waals surface area (Å²) >= 11 is 0. The summed E-state index contributed by atoms with van der Waals surface area (Å²) in [5, 5.41) is 15.2. The Bertz CT molecular complexity index is 609. The van der Waals surface area contributed by atoms with Gasteiger partial charge in [0.1, 0.15) is 11.9 Å². The van der Waals surface area contributed by atoms with Gasteiger partial charge in [-0.1, -0.05) is 44.9 Å². The third-order valence-corrected chi connectivity index (χ3v) is 3.67. The number of nitrogens with zero attached hydrogens (tertiary/aromatic N) is 2. The Morgan fingerprint density at radius 2 is 2.00 bits per heavy atom. The highest BCUT2D eigenvalue weighted by atomic mass is 16.6. The van der Waals surface area contributed by atoms with Gasteiger partial charge in [0.2, 0.25) is 0 Å². The maximum atomic E-state index is 11.2. The van der Waals surface area contributed by atoms with E-state index in [9.17, 15) is 10.1 Å². The molecule has 0 fully saturated rings. The van der Waals surface area contributed by atoms with Crippen LogP contribution in [0.2, 0.25) is 0 Å². The number of benzene rings is 1. The van der Waals surface area contributed by atoms with E-state index >= 15 is 0 Å². The summed E-state index contributed by atoms with van der Waals surface area (Å²) < 4.78 is 0. The molecule has 1 N–H and O–H groups in total. The fourth-order valence-corrected chi connectivity index (χ4v) is 2.28. The van der Waals surface area contributed by atoms with E-state index in [-0.39, 0.29) is 10.6 Å². The molecule has 1 aromatic carbocycles. The average Bonchev–Trinajstić information content (AvgIpc) is 2.47. The Balaban J connectivity index is 2.42. The van der Waals surface area contributed by atoms with Gasteiger partial charge in [0.25, 0.3) is 0 Å². The number of pyridine rings is 1. The predicted octanol–water partition coefficient (Wildman–Crippen LogP) is 3.99. The van der Waals surface area contributed by atoms with Crippen molar-refractivity contribution in [3.05, 3.63) is 40.6 Å². The first-order valence-corrected chi connectivity index (χ1v) is 6.93. The largest absolute Gasteiger partial charge is 0.379 e. The van der Waals surface area contributed by atoms with Gasteiger partial charge in [-0.25, -0.2) is 4.98 Å². The minimum atomic E-state index is -0.380. The highest BCUT2D eigenvalue weighted by molar-refractivity contribution is 5.95. The summed E-state index contributed by atoms with van der Waals surface area (Å²) in [6.45, 7) is 5.01. The third kappa shape index (κ3) is 2.87. The van der Waals surface area contributed by atoms with E-state index in [4.69, 9.17) is 0 Å². The molecule has 0 aliphatic rings. The van der Waals surface area contributed by atoms with Crippen molar-refractivity contribution in [3.63, 3.8) is 0 Å². The summed E-state index contributed by atoms with van der Waals surface area (Å²) in [4.78, 5) is 14.9. The normalized spacial score (nSPS) is 10.9. The number of hydrogen-bond donors (Lipinski definition) is 1. The molecule has 0 spiro atoms. The molecule has 20 heavy (non-hydrogen) atoms. The third-order valence-electron chi connectivity index (χ3n) is 3.67. The summed E-state index contributed by atoms with van der Waals surface area (Å²) in [7, 11) is 0. The molecular weight excluding hydrogens is 254 g/mol. The minimum Gasteiger partial charge on any atom is -0.379 e. The van der Waals surface area contributed by atoms with Crippen LogP contribution in [0.5, 0.6) is 0 Å². The molecule has 0 saturated heterocycles. The highest BCUT2D eigenvalue weighted by Gasteiger charge is 2.18. The molecule has 0 atom stereocenters. The Morgan fingerprint density at radius 3 is 2.65 bits per heavy atom. The Hall–Kier alpha value is -2.17. The zero-order valence-electron chi connectivity index (χ0n) is 11.8. The van der Waals surface area contributed by atoms with Gasteiger partial charge < -0.3 is 5.32 Å². The number of nitro groups is 1. The van der Waals surface area contributed by atoms with Crippen LogP contribution < -0.4 is 5.32 Å². The van der Waals surface area contributed by atoms with E-state index in [0.717, 1.165) is 30.3 Å². The molecule has 5 heteroatoms. The molecule has 5 nitrogen and oxygen atoms in total. The number of hydrogen-bond acceptors (Lipinski definition) is 4. The van der Waals surface area contributed by atoms with E-state index < -0.39 is 0 Å². The van der Waals surface area contributed by atoms with Crippen LogP contribution in [0.1, 0.15) is 26.7 Å². The second-order valence-electron chi connectivity index (χ2n) is 4.86. The van der Waals surface area contributed by atoms with Gasteiger partial charge >= 0.3 is 5.69 Å². The van der Waals surface area contributed by atoms with Crippen molar-refractivity contribution in [2.45, 2.75) is 26.7 Å². The molecule has 1 heterocycles. The average molecular weight is 273 g/mol. The van der Waals surface area contributed by atoms with E-state index in [2.05, 4.69) is 24.1 Å². The Morgan fingerprint density at radius 1 is 1.30 bits per heavy atom. The molecular formula is C15H19N3O2. The lowest BCUT2D eigenvalue weighted by atomic mass is 10.0. The first-order valence-electron chi connectivity index (χ1n) is 6.93. The highest BCUT2D eigenvalue weighted by Crippen LogP contribution is 2.31. The first-order chi connectivity index (χ1) is 9.67. The van der Waals surface area contributed by atoms with Crippen molar-refractivity contribution in [1.29, 1.82) is 0 Å². The second-order valence-corrected chi connectivity index (χ2v) is 4.86. The van der Waals surface area contributed by atoms with Crippen molar-refractivity contribution in [3.8, 4) is 0 Å². The van der Waals surface area contributed by atoms with Crippen LogP contribution in [-0.2, 0) is 0 Å². The summed E-state index contributed by atoms with van der Waals surface area (Å²) in [5.41, 5.74) is 1.38. The first kappa shape index (κ1) is 14.2. The standard InChI is InChI=1S/C15H19N3O2/c1-3-11(4-2)9-17-15-12-7-5-6-8-13(12)16-10-14(15)18(19)20/h5-8,10-11H,3-4,9H2,1-2H3,(H,16,17). The van der Waals surface area contributed by atoms with E-state index in [0.29, 0.717) is 11.6 Å². The summed E-state index contributed by atoms with van der Waals surface area (Å²) in [6.07, 6.45) is 3.44.